The molecule has 0 bridgehead atoms. The molecule has 7 heteroatoms. The zero-order valence-electron chi connectivity index (χ0n) is 20.0. The fourth-order valence-corrected chi connectivity index (χ4v) is 5.08. The van der Waals surface area contributed by atoms with Gasteiger partial charge in [-0.25, -0.2) is 4.98 Å². The number of carbonyl (C=O) groups excluding carboxylic acids is 2. The zero-order valence-corrected chi connectivity index (χ0v) is 20.0. The molecule has 2 heterocycles. The number of primary amides is 1. The lowest BCUT2D eigenvalue weighted by molar-refractivity contribution is -0.129. The Balaban J connectivity index is 1.46. The van der Waals surface area contributed by atoms with Crippen molar-refractivity contribution in [1.29, 1.82) is 0 Å². The lowest BCUT2D eigenvalue weighted by Crippen LogP contribution is -2.51. The fraction of sp³-hybridized carbons (Fsp3) is 0.370. The van der Waals surface area contributed by atoms with E-state index >= 15 is 0 Å². The quantitative estimate of drug-likeness (QED) is 0.503. The number of aryl methyl sites for hydroxylation is 2. The molecule has 4 rings (SSSR count). The van der Waals surface area contributed by atoms with Gasteiger partial charge in [0.25, 0.3) is 0 Å². The number of nitrogens with two attached hydrogens (primary N) is 2. The van der Waals surface area contributed by atoms with Crippen molar-refractivity contribution < 1.29 is 9.59 Å². The highest BCUT2D eigenvalue weighted by molar-refractivity contribution is 5.88. The highest BCUT2D eigenvalue weighted by Gasteiger charge is 2.40. The number of likely N-dealkylation sites (tertiary alicyclic amines) is 1. The van der Waals surface area contributed by atoms with E-state index in [0.717, 1.165) is 17.7 Å². The minimum absolute atomic E-state index is 0.135. The number of pyridine rings is 1. The number of amides is 2. The number of nitrogens with one attached hydrogen (secondary N) is 1. The standard InChI is InChI=1S/C27H33N5O2/c1-16-8-9-20(23-7-5-4-6-22(16)23)12-19-13-24(26(29)33)32(15-19)18(3)27(34)30-14-21-10-11-25(28)31-17(21)2/h4-11,18-19,24H,12-15H2,1-3H3,(H2,28,31)(H2,29,33)(H,30,34)/t18-,19?,24?/m0/s1. The molecule has 1 fully saturated rings. The number of carbonyl (C=O) groups is 2. The van der Waals surface area contributed by atoms with Gasteiger partial charge in [0.15, 0.2) is 0 Å². The average molecular weight is 460 g/mol. The van der Waals surface area contributed by atoms with Gasteiger partial charge >= 0.3 is 0 Å². The van der Waals surface area contributed by atoms with Gasteiger partial charge in [-0.3, -0.25) is 14.5 Å². The van der Waals surface area contributed by atoms with Crippen molar-refractivity contribution in [1.82, 2.24) is 15.2 Å². The largest absolute Gasteiger partial charge is 0.384 e. The molecule has 1 aliphatic rings. The summed E-state index contributed by atoms with van der Waals surface area (Å²) in [6.45, 7) is 6.82. The lowest BCUT2D eigenvalue weighted by Gasteiger charge is -2.28. The fourth-order valence-electron chi connectivity index (χ4n) is 5.08. The molecule has 3 atom stereocenters. The van der Waals surface area contributed by atoms with E-state index in [9.17, 15) is 9.59 Å². The molecular weight excluding hydrogens is 426 g/mol. The summed E-state index contributed by atoms with van der Waals surface area (Å²) >= 11 is 0. The van der Waals surface area contributed by atoms with Gasteiger partial charge < -0.3 is 16.8 Å². The monoisotopic (exact) mass is 459 g/mol. The molecule has 2 unspecified atom stereocenters. The van der Waals surface area contributed by atoms with Gasteiger partial charge in [0.05, 0.1) is 12.1 Å². The molecule has 34 heavy (non-hydrogen) atoms. The Bertz CT molecular complexity index is 1220. The maximum absolute atomic E-state index is 13.0. The van der Waals surface area contributed by atoms with Crippen molar-refractivity contribution in [2.24, 2.45) is 11.7 Å². The van der Waals surface area contributed by atoms with E-state index in [2.05, 4.69) is 53.6 Å². The minimum atomic E-state index is -0.473. The number of anilines is 1. The molecule has 7 nitrogen and oxygen atoms in total. The first-order valence-corrected chi connectivity index (χ1v) is 11.8. The van der Waals surface area contributed by atoms with Crippen LogP contribution >= 0.6 is 0 Å². The van der Waals surface area contributed by atoms with Crippen LogP contribution in [0, 0.1) is 19.8 Å². The number of aromatic nitrogens is 1. The first-order chi connectivity index (χ1) is 16.2. The number of benzene rings is 2. The van der Waals surface area contributed by atoms with Gasteiger partial charge in [-0.1, -0.05) is 42.5 Å². The minimum Gasteiger partial charge on any atom is -0.384 e. The summed E-state index contributed by atoms with van der Waals surface area (Å²) in [5.41, 5.74) is 15.7. The van der Waals surface area contributed by atoms with Crippen LogP contribution in [0.4, 0.5) is 5.82 Å². The van der Waals surface area contributed by atoms with E-state index in [1.165, 1.54) is 21.9 Å². The van der Waals surface area contributed by atoms with Gasteiger partial charge in [0, 0.05) is 18.8 Å². The molecule has 1 saturated heterocycles. The average Bonchev–Trinajstić information content (AvgIpc) is 3.24. The summed E-state index contributed by atoms with van der Waals surface area (Å²) in [5.74, 6) is 0.176. The molecule has 0 spiro atoms. The molecule has 0 aliphatic carbocycles. The number of hydrogen-bond donors (Lipinski definition) is 3. The Labute approximate surface area is 200 Å². The summed E-state index contributed by atoms with van der Waals surface area (Å²) in [6.07, 6.45) is 1.49. The second-order valence-corrected chi connectivity index (χ2v) is 9.38. The molecule has 1 aliphatic heterocycles. The highest BCUT2D eigenvalue weighted by atomic mass is 16.2. The topological polar surface area (TPSA) is 114 Å². The Morgan fingerprint density at radius 2 is 1.79 bits per heavy atom. The van der Waals surface area contributed by atoms with Crippen molar-refractivity contribution >= 4 is 28.4 Å². The SMILES string of the molecule is Cc1nc(N)ccc1CNC(=O)[C@H](C)N1CC(Cc2ccc(C)c3ccccc23)CC1C(N)=O. The third-order valence-electron chi connectivity index (χ3n) is 7.04. The van der Waals surface area contributed by atoms with Gasteiger partial charge in [-0.05, 0) is 73.1 Å². The van der Waals surface area contributed by atoms with Crippen LogP contribution in [-0.4, -0.2) is 40.3 Å². The van der Waals surface area contributed by atoms with Crippen LogP contribution in [0.15, 0.2) is 48.5 Å². The molecule has 3 aromatic rings. The molecule has 0 radical (unpaired) electrons. The smallest absolute Gasteiger partial charge is 0.237 e. The number of nitrogens with zero attached hydrogens (tertiary/aromatic N) is 2. The Morgan fingerprint density at radius 3 is 2.50 bits per heavy atom. The first-order valence-electron chi connectivity index (χ1n) is 11.8. The lowest BCUT2D eigenvalue weighted by atomic mass is 9.91. The molecule has 0 saturated carbocycles. The van der Waals surface area contributed by atoms with Gasteiger partial charge in [-0.15, -0.1) is 0 Å². The molecule has 178 valence electrons. The summed E-state index contributed by atoms with van der Waals surface area (Å²) < 4.78 is 0. The predicted octanol–water partition coefficient (Wildman–Crippen LogP) is 2.86. The Kier molecular flexibility index (Phi) is 6.84. The zero-order chi connectivity index (χ0) is 24.4. The molecule has 2 aromatic carbocycles. The first kappa shape index (κ1) is 23.7. The van der Waals surface area contributed by atoms with Crippen molar-refractivity contribution in [3.63, 3.8) is 0 Å². The van der Waals surface area contributed by atoms with E-state index < -0.39 is 12.1 Å². The predicted molar refractivity (Wildman–Crippen MR) is 135 cm³/mol. The van der Waals surface area contributed by atoms with Crippen LogP contribution in [0.1, 0.15) is 35.7 Å². The van der Waals surface area contributed by atoms with E-state index in [0.29, 0.717) is 25.3 Å². The Hall–Kier alpha value is -3.45. The van der Waals surface area contributed by atoms with Crippen molar-refractivity contribution in [2.45, 2.75) is 52.2 Å². The number of hydrogen-bond acceptors (Lipinski definition) is 5. The van der Waals surface area contributed by atoms with Crippen LogP contribution in [0.5, 0.6) is 0 Å². The van der Waals surface area contributed by atoms with Crippen LogP contribution in [0.3, 0.4) is 0 Å². The second-order valence-electron chi connectivity index (χ2n) is 9.38. The molecule has 5 N–H and O–H groups in total. The van der Waals surface area contributed by atoms with Crippen molar-refractivity contribution in [3.8, 4) is 0 Å². The van der Waals surface area contributed by atoms with Crippen LogP contribution < -0.4 is 16.8 Å². The van der Waals surface area contributed by atoms with E-state index in [1.807, 2.05) is 24.8 Å². The number of fused-ring (bicyclic) bond motifs is 1. The maximum Gasteiger partial charge on any atom is 0.237 e. The van der Waals surface area contributed by atoms with Crippen LogP contribution in [-0.2, 0) is 22.6 Å². The van der Waals surface area contributed by atoms with E-state index in [1.54, 1.807) is 6.07 Å². The summed E-state index contributed by atoms with van der Waals surface area (Å²) in [5, 5.41) is 5.47. The summed E-state index contributed by atoms with van der Waals surface area (Å²) in [7, 11) is 0. The second kappa shape index (κ2) is 9.81. The molecule has 2 amide bonds. The highest BCUT2D eigenvalue weighted by Crippen LogP contribution is 2.31. The van der Waals surface area contributed by atoms with Gasteiger partial charge in [0.1, 0.15) is 5.82 Å². The van der Waals surface area contributed by atoms with Crippen LogP contribution in [0.2, 0.25) is 0 Å². The van der Waals surface area contributed by atoms with E-state index in [4.69, 9.17) is 11.5 Å². The normalized spacial score (nSPS) is 19.3. The third kappa shape index (κ3) is 4.89. The third-order valence-corrected chi connectivity index (χ3v) is 7.04. The Morgan fingerprint density at radius 1 is 1.09 bits per heavy atom. The number of rotatable bonds is 7. The molecule has 1 aromatic heterocycles. The summed E-state index contributed by atoms with van der Waals surface area (Å²) in [4.78, 5) is 31.4. The van der Waals surface area contributed by atoms with Crippen LogP contribution in [0.25, 0.3) is 10.8 Å². The molecular formula is C27H33N5O2. The van der Waals surface area contributed by atoms with Gasteiger partial charge in [-0.2, -0.15) is 0 Å². The van der Waals surface area contributed by atoms with E-state index in [-0.39, 0.29) is 17.7 Å². The number of nitrogen functional groups attached to an aromatic ring is 1. The van der Waals surface area contributed by atoms with Gasteiger partial charge in [0.2, 0.25) is 11.8 Å². The van der Waals surface area contributed by atoms with Crippen molar-refractivity contribution in [3.05, 3.63) is 70.9 Å². The maximum atomic E-state index is 13.0. The summed E-state index contributed by atoms with van der Waals surface area (Å²) in [6, 6.07) is 15.4. The van der Waals surface area contributed by atoms with Crippen molar-refractivity contribution in [2.75, 3.05) is 12.3 Å².